The summed E-state index contributed by atoms with van der Waals surface area (Å²) in [6.45, 7) is 1.65. The van der Waals surface area contributed by atoms with Gasteiger partial charge in [-0.1, -0.05) is 12.2 Å². The zero-order chi connectivity index (χ0) is 14.6. The Morgan fingerprint density at radius 2 is 1.67 bits per heavy atom. The van der Waals surface area contributed by atoms with Gasteiger partial charge in [-0.05, 0) is 42.2 Å². The first kappa shape index (κ1) is 12.6. The van der Waals surface area contributed by atoms with Crippen LogP contribution in [0.15, 0.2) is 36.4 Å². The molecule has 5 heteroatoms. The normalized spacial score (nSPS) is 32.5. The van der Waals surface area contributed by atoms with Crippen molar-refractivity contribution in [3.05, 3.63) is 52.1 Å². The number of likely N-dealkylation sites (tertiary alicyclic amines) is 1. The number of nitrogens with zero attached hydrogens (tertiary/aromatic N) is 2. The average Bonchev–Trinajstić information content (AvgIpc) is 3.18. The number of benzene rings is 1. The topological polar surface area (TPSA) is 63.4 Å². The SMILES string of the molecule is O=C(c1ccc([N+](=O)[O-])cc1)N1CC2C3C=CC(C3)C2C1. The van der Waals surface area contributed by atoms with Gasteiger partial charge in [-0.2, -0.15) is 0 Å². The van der Waals surface area contributed by atoms with Gasteiger partial charge in [-0.15, -0.1) is 0 Å². The van der Waals surface area contributed by atoms with Crippen LogP contribution < -0.4 is 0 Å². The van der Waals surface area contributed by atoms with Crippen LogP contribution in [0.5, 0.6) is 0 Å². The molecule has 2 bridgehead atoms. The minimum atomic E-state index is -0.447. The smallest absolute Gasteiger partial charge is 0.269 e. The predicted molar refractivity (Wildman–Crippen MR) is 76.7 cm³/mol. The number of carbonyl (C=O) groups excluding carboxylic acids is 1. The number of nitro groups is 1. The fraction of sp³-hybridized carbons (Fsp3) is 0.438. The Labute approximate surface area is 122 Å². The molecule has 4 rings (SSSR count). The van der Waals surface area contributed by atoms with Crippen LogP contribution in [-0.4, -0.2) is 28.8 Å². The molecule has 21 heavy (non-hydrogen) atoms. The van der Waals surface area contributed by atoms with E-state index in [-0.39, 0.29) is 11.6 Å². The summed E-state index contributed by atoms with van der Waals surface area (Å²) in [5.41, 5.74) is 0.563. The standard InChI is InChI=1S/C16H16N2O3/c19-16(10-3-5-13(6-4-10)18(20)21)17-8-14-11-1-2-12(7-11)15(14)9-17/h1-6,11-12,14-15H,7-9H2. The van der Waals surface area contributed by atoms with Crippen LogP contribution in [0.25, 0.3) is 0 Å². The van der Waals surface area contributed by atoms with Crippen LogP contribution in [0.3, 0.4) is 0 Å². The molecule has 0 N–H and O–H groups in total. The van der Waals surface area contributed by atoms with E-state index in [4.69, 9.17) is 0 Å². The lowest BCUT2D eigenvalue weighted by molar-refractivity contribution is -0.384. The molecule has 1 aromatic rings. The van der Waals surface area contributed by atoms with Gasteiger partial charge in [-0.25, -0.2) is 0 Å². The molecule has 2 aliphatic carbocycles. The molecule has 4 unspecified atom stereocenters. The number of fused-ring (bicyclic) bond motifs is 5. The second-order valence-corrected chi connectivity index (χ2v) is 6.29. The maximum Gasteiger partial charge on any atom is 0.269 e. The maximum absolute atomic E-state index is 12.5. The minimum absolute atomic E-state index is 0.00121. The van der Waals surface area contributed by atoms with Crippen molar-refractivity contribution in [1.82, 2.24) is 4.90 Å². The van der Waals surface area contributed by atoms with Crippen molar-refractivity contribution in [3.63, 3.8) is 0 Å². The third kappa shape index (κ3) is 1.87. The number of rotatable bonds is 2. The summed E-state index contributed by atoms with van der Waals surface area (Å²) in [7, 11) is 0. The quantitative estimate of drug-likeness (QED) is 0.476. The zero-order valence-electron chi connectivity index (χ0n) is 11.5. The van der Waals surface area contributed by atoms with Crippen molar-refractivity contribution in [1.29, 1.82) is 0 Å². The molecular weight excluding hydrogens is 268 g/mol. The first-order chi connectivity index (χ1) is 10.1. The second-order valence-electron chi connectivity index (χ2n) is 6.29. The summed E-state index contributed by atoms with van der Waals surface area (Å²) in [5.74, 6) is 2.52. The van der Waals surface area contributed by atoms with Gasteiger partial charge in [-0.3, -0.25) is 14.9 Å². The summed E-state index contributed by atoms with van der Waals surface area (Å²) in [6.07, 6.45) is 5.88. The van der Waals surface area contributed by atoms with Gasteiger partial charge in [0.1, 0.15) is 0 Å². The molecule has 0 aromatic heterocycles. The molecule has 0 spiro atoms. The van der Waals surface area contributed by atoms with Crippen LogP contribution in [0, 0.1) is 33.8 Å². The molecule has 3 aliphatic rings. The summed E-state index contributed by atoms with van der Waals surface area (Å²) in [6, 6.07) is 5.91. The average molecular weight is 284 g/mol. The lowest BCUT2D eigenvalue weighted by Gasteiger charge is -2.18. The third-order valence-electron chi connectivity index (χ3n) is 5.27. The molecule has 5 nitrogen and oxygen atoms in total. The molecule has 108 valence electrons. The van der Waals surface area contributed by atoms with Gasteiger partial charge in [0.2, 0.25) is 0 Å². The molecule has 0 radical (unpaired) electrons. The zero-order valence-corrected chi connectivity index (χ0v) is 11.5. The van der Waals surface area contributed by atoms with E-state index in [1.807, 2.05) is 4.90 Å². The van der Waals surface area contributed by atoms with Crippen molar-refractivity contribution >= 4 is 11.6 Å². The monoisotopic (exact) mass is 284 g/mol. The van der Waals surface area contributed by atoms with Crippen molar-refractivity contribution < 1.29 is 9.72 Å². The van der Waals surface area contributed by atoms with Crippen LogP contribution in [0.2, 0.25) is 0 Å². The Hall–Kier alpha value is -2.17. The van der Waals surface area contributed by atoms with E-state index in [9.17, 15) is 14.9 Å². The number of nitro benzene ring substituents is 1. The summed E-state index contributed by atoms with van der Waals surface area (Å²) in [5, 5.41) is 10.7. The summed E-state index contributed by atoms with van der Waals surface area (Å²) < 4.78 is 0. The van der Waals surface area contributed by atoms with Gasteiger partial charge in [0.15, 0.2) is 0 Å². The van der Waals surface area contributed by atoms with E-state index in [0.29, 0.717) is 29.2 Å². The number of allylic oxidation sites excluding steroid dienone is 2. The van der Waals surface area contributed by atoms with Crippen molar-refractivity contribution in [3.8, 4) is 0 Å². The Kier molecular flexibility index (Phi) is 2.64. The maximum atomic E-state index is 12.5. The van der Waals surface area contributed by atoms with E-state index in [1.54, 1.807) is 12.1 Å². The molecule has 2 fully saturated rings. The fourth-order valence-electron chi connectivity index (χ4n) is 4.23. The Morgan fingerprint density at radius 1 is 1.10 bits per heavy atom. The first-order valence-electron chi connectivity index (χ1n) is 7.35. The van der Waals surface area contributed by atoms with E-state index in [1.165, 1.54) is 18.6 Å². The highest BCUT2D eigenvalue weighted by atomic mass is 16.6. The van der Waals surface area contributed by atoms with Gasteiger partial charge < -0.3 is 4.90 Å². The van der Waals surface area contributed by atoms with Gasteiger partial charge in [0.25, 0.3) is 11.6 Å². The second kappa shape index (κ2) is 4.41. The molecule has 1 heterocycles. The lowest BCUT2D eigenvalue weighted by atomic mass is 9.86. The molecule has 1 saturated carbocycles. The molecule has 1 aromatic carbocycles. The van der Waals surface area contributed by atoms with Gasteiger partial charge in [0.05, 0.1) is 4.92 Å². The lowest BCUT2D eigenvalue weighted by Crippen LogP contribution is -2.30. The summed E-state index contributed by atoms with van der Waals surface area (Å²) >= 11 is 0. The van der Waals surface area contributed by atoms with E-state index in [0.717, 1.165) is 13.1 Å². The van der Waals surface area contributed by atoms with Crippen LogP contribution >= 0.6 is 0 Å². The number of non-ortho nitro benzene ring substituents is 1. The highest BCUT2D eigenvalue weighted by Gasteiger charge is 2.50. The largest absolute Gasteiger partial charge is 0.338 e. The highest BCUT2D eigenvalue weighted by Crippen LogP contribution is 2.51. The van der Waals surface area contributed by atoms with Crippen LogP contribution in [0.4, 0.5) is 5.69 Å². The number of amides is 1. The predicted octanol–water partition coefficient (Wildman–Crippen LogP) is 2.49. The Bertz CT molecular complexity index is 617. The number of carbonyl (C=O) groups is 1. The van der Waals surface area contributed by atoms with Crippen LogP contribution in [0.1, 0.15) is 16.8 Å². The minimum Gasteiger partial charge on any atom is -0.338 e. The van der Waals surface area contributed by atoms with E-state index < -0.39 is 4.92 Å². The molecule has 1 aliphatic heterocycles. The molecular formula is C16H16N2O3. The van der Waals surface area contributed by atoms with E-state index >= 15 is 0 Å². The van der Waals surface area contributed by atoms with Crippen molar-refractivity contribution in [2.75, 3.05) is 13.1 Å². The summed E-state index contributed by atoms with van der Waals surface area (Å²) in [4.78, 5) is 24.7. The Balaban J connectivity index is 1.50. The number of hydrogen-bond acceptors (Lipinski definition) is 3. The van der Waals surface area contributed by atoms with Gasteiger partial charge in [0, 0.05) is 30.8 Å². The molecule has 1 saturated heterocycles. The fourth-order valence-corrected chi connectivity index (χ4v) is 4.23. The highest BCUT2D eigenvalue weighted by molar-refractivity contribution is 5.94. The van der Waals surface area contributed by atoms with Crippen LogP contribution in [-0.2, 0) is 0 Å². The molecule has 1 amide bonds. The third-order valence-corrected chi connectivity index (χ3v) is 5.27. The van der Waals surface area contributed by atoms with Crippen molar-refractivity contribution in [2.24, 2.45) is 23.7 Å². The van der Waals surface area contributed by atoms with E-state index in [2.05, 4.69) is 12.2 Å². The van der Waals surface area contributed by atoms with Gasteiger partial charge >= 0.3 is 0 Å². The van der Waals surface area contributed by atoms with Crippen molar-refractivity contribution in [2.45, 2.75) is 6.42 Å². The number of hydrogen-bond donors (Lipinski definition) is 0. The first-order valence-corrected chi connectivity index (χ1v) is 7.35. The molecule has 4 atom stereocenters. The Morgan fingerprint density at radius 3 is 2.19 bits per heavy atom.